The molecule has 6 rings (SSSR count). The zero-order valence-electron chi connectivity index (χ0n) is 20.5. The fourth-order valence-electron chi connectivity index (χ4n) is 4.42. The third kappa shape index (κ3) is 5.16. The number of hydrogen-bond acceptors (Lipinski definition) is 6. The number of imide groups is 1. The lowest BCUT2D eigenvalue weighted by Gasteiger charge is -2.13. The molecule has 5 aromatic carbocycles. The SMILES string of the molecule is O=C1S/C(=C\c2ccc(OS(=O)(=O)c3ccc4ccccc4c3)cc2)C(=O)N1Cc1ccc2ccccc2c1. The summed E-state index contributed by atoms with van der Waals surface area (Å²) in [5, 5.41) is 3.53. The lowest BCUT2D eigenvalue weighted by molar-refractivity contribution is -0.123. The van der Waals surface area contributed by atoms with E-state index in [1.807, 2.05) is 66.7 Å². The van der Waals surface area contributed by atoms with Gasteiger partial charge in [0.15, 0.2) is 0 Å². The molecule has 1 heterocycles. The van der Waals surface area contributed by atoms with Crippen molar-refractivity contribution in [3.8, 4) is 5.75 Å². The van der Waals surface area contributed by atoms with E-state index >= 15 is 0 Å². The number of hydrogen-bond donors (Lipinski definition) is 0. The van der Waals surface area contributed by atoms with Gasteiger partial charge in [0.05, 0.1) is 11.4 Å². The fraction of sp³-hybridized carbons (Fsp3) is 0.0323. The van der Waals surface area contributed by atoms with Gasteiger partial charge in [0.1, 0.15) is 10.6 Å². The molecule has 1 saturated heterocycles. The molecule has 8 heteroatoms. The Morgan fingerprint density at radius 1 is 0.718 bits per heavy atom. The number of rotatable bonds is 6. The summed E-state index contributed by atoms with van der Waals surface area (Å²) in [6.45, 7) is 0.187. The maximum atomic E-state index is 13.0. The Morgan fingerprint density at radius 2 is 1.33 bits per heavy atom. The van der Waals surface area contributed by atoms with E-state index in [1.54, 1.807) is 30.3 Å². The Morgan fingerprint density at radius 3 is 2.03 bits per heavy atom. The van der Waals surface area contributed by atoms with Crippen molar-refractivity contribution in [3.05, 3.63) is 125 Å². The second-order valence-electron chi connectivity index (χ2n) is 9.06. The van der Waals surface area contributed by atoms with E-state index in [1.165, 1.54) is 23.1 Å². The summed E-state index contributed by atoms with van der Waals surface area (Å²) >= 11 is 0.883. The molecular weight excluding hydrogens is 530 g/mol. The fourth-order valence-corrected chi connectivity index (χ4v) is 6.23. The van der Waals surface area contributed by atoms with Crippen LogP contribution in [0.15, 0.2) is 119 Å². The molecule has 39 heavy (non-hydrogen) atoms. The lowest BCUT2D eigenvalue weighted by Crippen LogP contribution is -2.27. The van der Waals surface area contributed by atoms with E-state index < -0.39 is 10.1 Å². The predicted octanol–water partition coefficient (Wildman–Crippen LogP) is 7.00. The van der Waals surface area contributed by atoms with Crippen LogP contribution in [0.4, 0.5) is 4.79 Å². The first-order chi connectivity index (χ1) is 18.9. The summed E-state index contributed by atoms with van der Waals surface area (Å²) in [6, 6.07) is 32.4. The van der Waals surface area contributed by atoms with Crippen LogP contribution in [-0.4, -0.2) is 24.5 Å². The van der Waals surface area contributed by atoms with Crippen molar-refractivity contribution in [3.63, 3.8) is 0 Å². The van der Waals surface area contributed by atoms with Crippen LogP contribution in [0.1, 0.15) is 11.1 Å². The quantitative estimate of drug-likeness (QED) is 0.167. The highest BCUT2D eigenvalue weighted by Gasteiger charge is 2.35. The highest BCUT2D eigenvalue weighted by molar-refractivity contribution is 8.18. The van der Waals surface area contributed by atoms with Crippen molar-refractivity contribution in [2.75, 3.05) is 0 Å². The van der Waals surface area contributed by atoms with E-state index in [4.69, 9.17) is 4.18 Å². The monoisotopic (exact) mass is 551 g/mol. The lowest BCUT2D eigenvalue weighted by atomic mass is 10.1. The van der Waals surface area contributed by atoms with E-state index in [2.05, 4.69) is 0 Å². The highest BCUT2D eigenvalue weighted by atomic mass is 32.2. The number of thioether (sulfide) groups is 1. The molecule has 2 amide bonds. The number of fused-ring (bicyclic) bond motifs is 2. The minimum atomic E-state index is -4.03. The van der Waals surface area contributed by atoms with Gasteiger partial charge < -0.3 is 4.18 Å². The summed E-state index contributed by atoms with van der Waals surface area (Å²) in [6.07, 6.45) is 1.62. The van der Waals surface area contributed by atoms with Crippen molar-refractivity contribution in [2.24, 2.45) is 0 Å². The van der Waals surface area contributed by atoms with E-state index in [9.17, 15) is 18.0 Å². The Bertz CT molecular complexity index is 1900. The predicted molar refractivity (Wildman–Crippen MR) is 154 cm³/mol. The van der Waals surface area contributed by atoms with Crippen LogP contribution in [0.5, 0.6) is 5.75 Å². The molecular formula is C31H21NO5S2. The second-order valence-corrected chi connectivity index (χ2v) is 11.6. The third-order valence-electron chi connectivity index (χ3n) is 6.42. The Balaban J connectivity index is 1.16. The van der Waals surface area contributed by atoms with Crippen LogP contribution in [0.2, 0.25) is 0 Å². The van der Waals surface area contributed by atoms with Crippen molar-refractivity contribution in [1.29, 1.82) is 0 Å². The first-order valence-corrected chi connectivity index (χ1v) is 14.3. The van der Waals surface area contributed by atoms with Crippen molar-refractivity contribution >= 4 is 60.6 Å². The van der Waals surface area contributed by atoms with Crippen LogP contribution >= 0.6 is 11.8 Å². The van der Waals surface area contributed by atoms with Crippen LogP contribution in [0, 0.1) is 0 Å². The summed E-state index contributed by atoms with van der Waals surface area (Å²) in [7, 11) is -4.03. The van der Waals surface area contributed by atoms with Gasteiger partial charge in [-0.3, -0.25) is 14.5 Å². The summed E-state index contributed by atoms with van der Waals surface area (Å²) < 4.78 is 31.0. The van der Waals surface area contributed by atoms with Gasteiger partial charge in [-0.05, 0) is 80.8 Å². The van der Waals surface area contributed by atoms with Gasteiger partial charge in [-0.15, -0.1) is 0 Å². The standard InChI is InChI=1S/C31H21NO5S2/c33-30-29(38-31(34)32(30)20-22-9-12-23-5-1-3-7-25(23)17-22)18-21-10-14-27(15-11-21)37-39(35,36)28-16-13-24-6-2-4-8-26(24)19-28/h1-19H,20H2/b29-18-. The van der Waals surface area contributed by atoms with Gasteiger partial charge in [-0.2, -0.15) is 8.42 Å². The molecule has 0 saturated carbocycles. The summed E-state index contributed by atoms with van der Waals surface area (Å²) in [5.41, 5.74) is 1.51. The molecule has 0 bridgehead atoms. The molecule has 0 aliphatic carbocycles. The normalized spacial score (nSPS) is 15.0. The Kier molecular flexibility index (Phi) is 6.42. The van der Waals surface area contributed by atoms with Crippen LogP contribution < -0.4 is 4.18 Å². The first kappa shape index (κ1) is 24.9. The molecule has 0 spiro atoms. The highest BCUT2D eigenvalue weighted by Crippen LogP contribution is 2.34. The van der Waals surface area contributed by atoms with Gasteiger partial charge in [-0.1, -0.05) is 78.9 Å². The van der Waals surface area contributed by atoms with Crippen LogP contribution in [0.3, 0.4) is 0 Å². The molecule has 0 unspecified atom stereocenters. The minimum Gasteiger partial charge on any atom is -0.379 e. The minimum absolute atomic E-state index is 0.0605. The molecule has 1 fully saturated rings. The third-order valence-corrected chi connectivity index (χ3v) is 8.57. The number of nitrogens with zero attached hydrogens (tertiary/aromatic N) is 1. The zero-order valence-corrected chi connectivity index (χ0v) is 22.1. The number of carbonyl (C=O) groups is 2. The smallest absolute Gasteiger partial charge is 0.339 e. The molecule has 1 aliphatic rings. The largest absolute Gasteiger partial charge is 0.379 e. The summed E-state index contributed by atoms with van der Waals surface area (Å²) in [4.78, 5) is 27.2. The molecule has 0 radical (unpaired) electrons. The summed E-state index contributed by atoms with van der Waals surface area (Å²) in [5.74, 6) is -0.220. The molecule has 0 atom stereocenters. The topological polar surface area (TPSA) is 80.8 Å². The average molecular weight is 552 g/mol. The average Bonchev–Trinajstić information content (AvgIpc) is 3.20. The molecule has 0 aromatic heterocycles. The van der Waals surface area contributed by atoms with Crippen molar-refractivity contribution < 1.29 is 22.2 Å². The first-order valence-electron chi connectivity index (χ1n) is 12.1. The molecule has 6 nitrogen and oxygen atoms in total. The van der Waals surface area contributed by atoms with Gasteiger partial charge in [0.2, 0.25) is 0 Å². The number of benzene rings is 5. The van der Waals surface area contributed by atoms with Crippen LogP contribution in [-0.2, 0) is 21.5 Å². The Hall–Kier alpha value is -4.40. The molecule has 0 N–H and O–H groups in total. The van der Waals surface area contributed by atoms with Gasteiger partial charge >= 0.3 is 10.1 Å². The number of carbonyl (C=O) groups excluding carboxylic acids is 2. The Labute approximate surface area is 229 Å². The van der Waals surface area contributed by atoms with E-state index in [0.29, 0.717) is 10.5 Å². The zero-order chi connectivity index (χ0) is 27.0. The van der Waals surface area contributed by atoms with Gasteiger partial charge in [-0.25, -0.2) is 0 Å². The molecule has 1 aliphatic heterocycles. The van der Waals surface area contributed by atoms with E-state index in [0.717, 1.165) is 38.9 Å². The maximum Gasteiger partial charge on any atom is 0.339 e. The van der Waals surface area contributed by atoms with Gasteiger partial charge in [0, 0.05) is 0 Å². The van der Waals surface area contributed by atoms with Crippen molar-refractivity contribution in [1.82, 2.24) is 4.90 Å². The maximum absolute atomic E-state index is 13.0. The molecule has 5 aromatic rings. The van der Waals surface area contributed by atoms with Crippen LogP contribution in [0.25, 0.3) is 27.6 Å². The second kappa shape index (κ2) is 10.1. The van der Waals surface area contributed by atoms with Crippen molar-refractivity contribution in [2.45, 2.75) is 11.4 Å². The van der Waals surface area contributed by atoms with Gasteiger partial charge in [0.25, 0.3) is 11.1 Å². The van der Waals surface area contributed by atoms with E-state index in [-0.39, 0.29) is 28.3 Å². The molecule has 192 valence electrons. The number of amides is 2.